The number of nitrogens with zero attached hydrogens (tertiary/aromatic N) is 2. The van der Waals surface area contributed by atoms with E-state index >= 15 is 0 Å². The van der Waals surface area contributed by atoms with Gasteiger partial charge in [0, 0.05) is 32.7 Å². The first kappa shape index (κ1) is 19.2. The highest BCUT2D eigenvalue weighted by atomic mass is 19.4. The summed E-state index contributed by atoms with van der Waals surface area (Å²) in [6.45, 7) is 7.53. The molecule has 0 aromatic rings. The van der Waals surface area contributed by atoms with Crippen molar-refractivity contribution >= 4 is 5.91 Å². The first-order chi connectivity index (χ1) is 10.4. The van der Waals surface area contributed by atoms with Crippen LogP contribution in [0.2, 0.25) is 0 Å². The largest absolute Gasteiger partial charge is 0.390 e. The summed E-state index contributed by atoms with van der Waals surface area (Å²) >= 11 is 0. The molecule has 130 valence electrons. The second-order valence-electron chi connectivity index (χ2n) is 5.28. The highest BCUT2D eigenvalue weighted by Gasteiger charge is 2.32. The van der Waals surface area contributed by atoms with Gasteiger partial charge in [-0.3, -0.25) is 4.79 Å². The first-order valence-electron chi connectivity index (χ1n) is 7.77. The number of hydrogen-bond acceptors (Lipinski definition) is 4. The average Bonchev–Trinajstić information content (AvgIpc) is 2.50. The number of likely N-dealkylation sites (N-methyl/N-ethyl adjacent to an activating group) is 1. The Morgan fingerprint density at radius 1 is 1.23 bits per heavy atom. The Morgan fingerprint density at radius 2 is 1.91 bits per heavy atom. The number of ether oxygens (including phenoxy) is 1. The molecule has 1 aliphatic heterocycles. The lowest BCUT2D eigenvalue weighted by atomic mass is 10.2. The van der Waals surface area contributed by atoms with Gasteiger partial charge in [0.2, 0.25) is 0 Å². The fourth-order valence-electron chi connectivity index (χ4n) is 2.32. The Kier molecular flexibility index (Phi) is 8.13. The third kappa shape index (κ3) is 6.93. The zero-order valence-electron chi connectivity index (χ0n) is 13.3. The van der Waals surface area contributed by atoms with Gasteiger partial charge >= 0.3 is 6.18 Å². The van der Waals surface area contributed by atoms with Crippen molar-refractivity contribution in [1.82, 2.24) is 15.1 Å². The molecule has 1 amide bonds. The lowest BCUT2D eigenvalue weighted by Crippen LogP contribution is -2.51. The predicted molar refractivity (Wildman–Crippen MR) is 77.6 cm³/mol. The zero-order valence-corrected chi connectivity index (χ0v) is 13.3. The maximum Gasteiger partial charge on any atom is 0.390 e. The smallest absolute Gasteiger partial charge is 0.366 e. The monoisotopic (exact) mass is 325 g/mol. The van der Waals surface area contributed by atoms with Gasteiger partial charge in [0.05, 0.1) is 13.0 Å². The quantitative estimate of drug-likeness (QED) is 0.726. The molecule has 0 saturated carbocycles. The van der Waals surface area contributed by atoms with E-state index in [9.17, 15) is 18.0 Å². The molecule has 1 unspecified atom stereocenters. The normalized spacial score (nSPS) is 19.5. The van der Waals surface area contributed by atoms with Crippen LogP contribution in [-0.4, -0.2) is 80.4 Å². The SMILES string of the molecule is CCN(CC)CCN(CCC(F)(F)F)C(=O)C1CNCCO1. The van der Waals surface area contributed by atoms with E-state index < -0.39 is 18.7 Å². The number of nitrogens with one attached hydrogen (secondary N) is 1. The predicted octanol–water partition coefficient (Wildman–Crippen LogP) is 1.10. The highest BCUT2D eigenvalue weighted by Crippen LogP contribution is 2.20. The van der Waals surface area contributed by atoms with Crippen molar-refractivity contribution in [3.8, 4) is 0 Å². The van der Waals surface area contributed by atoms with Crippen LogP contribution in [0.1, 0.15) is 20.3 Å². The van der Waals surface area contributed by atoms with Crippen LogP contribution in [0.15, 0.2) is 0 Å². The molecule has 8 heteroatoms. The van der Waals surface area contributed by atoms with Gasteiger partial charge in [-0.2, -0.15) is 13.2 Å². The molecule has 0 aromatic heterocycles. The van der Waals surface area contributed by atoms with Crippen LogP contribution in [0.3, 0.4) is 0 Å². The summed E-state index contributed by atoms with van der Waals surface area (Å²) in [5.41, 5.74) is 0. The van der Waals surface area contributed by atoms with Crippen molar-refractivity contribution in [2.75, 3.05) is 52.4 Å². The molecule has 0 aromatic carbocycles. The van der Waals surface area contributed by atoms with Gasteiger partial charge in [0.15, 0.2) is 0 Å². The van der Waals surface area contributed by atoms with Crippen molar-refractivity contribution in [3.63, 3.8) is 0 Å². The van der Waals surface area contributed by atoms with Gasteiger partial charge in [-0.25, -0.2) is 0 Å². The Morgan fingerprint density at radius 3 is 2.41 bits per heavy atom. The Hall–Kier alpha value is -0.860. The Balaban J connectivity index is 2.60. The molecule has 1 heterocycles. The number of halogens is 3. The summed E-state index contributed by atoms with van der Waals surface area (Å²) in [5.74, 6) is -0.358. The van der Waals surface area contributed by atoms with Crippen LogP contribution in [0.4, 0.5) is 13.2 Å². The van der Waals surface area contributed by atoms with E-state index in [0.29, 0.717) is 26.2 Å². The summed E-state index contributed by atoms with van der Waals surface area (Å²) in [6.07, 6.45) is -5.94. The Bertz CT molecular complexity index is 330. The molecule has 5 nitrogen and oxygen atoms in total. The maximum absolute atomic E-state index is 12.5. The molecule has 22 heavy (non-hydrogen) atoms. The number of morpholine rings is 1. The highest BCUT2D eigenvalue weighted by molar-refractivity contribution is 5.81. The zero-order chi connectivity index (χ0) is 16.6. The van der Waals surface area contributed by atoms with Crippen molar-refractivity contribution in [3.05, 3.63) is 0 Å². The number of alkyl halides is 3. The van der Waals surface area contributed by atoms with Crippen LogP contribution in [0.5, 0.6) is 0 Å². The van der Waals surface area contributed by atoms with E-state index in [0.717, 1.165) is 13.1 Å². The lowest BCUT2D eigenvalue weighted by Gasteiger charge is -2.31. The van der Waals surface area contributed by atoms with E-state index in [-0.39, 0.29) is 19.0 Å². The molecule has 1 aliphatic rings. The number of carbonyl (C=O) groups is 1. The molecule has 0 aliphatic carbocycles. The molecular weight excluding hydrogens is 299 g/mol. The van der Waals surface area contributed by atoms with Crippen molar-refractivity contribution in [2.45, 2.75) is 32.5 Å². The van der Waals surface area contributed by atoms with Gasteiger partial charge in [0.1, 0.15) is 6.10 Å². The number of carbonyl (C=O) groups excluding carboxylic acids is 1. The average molecular weight is 325 g/mol. The van der Waals surface area contributed by atoms with Crippen LogP contribution in [0, 0.1) is 0 Å². The van der Waals surface area contributed by atoms with Crippen molar-refractivity contribution in [2.24, 2.45) is 0 Å². The van der Waals surface area contributed by atoms with Gasteiger partial charge in [0.25, 0.3) is 5.91 Å². The first-order valence-corrected chi connectivity index (χ1v) is 7.77. The maximum atomic E-state index is 12.5. The van der Waals surface area contributed by atoms with Gasteiger partial charge in [-0.15, -0.1) is 0 Å². The second kappa shape index (κ2) is 9.32. The molecule has 1 N–H and O–H groups in total. The number of rotatable bonds is 8. The third-order valence-corrected chi connectivity index (χ3v) is 3.76. The van der Waals surface area contributed by atoms with Gasteiger partial charge < -0.3 is 19.9 Å². The van der Waals surface area contributed by atoms with Crippen molar-refractivity contribution < 1.29 is 22.7 Å². The molecule has 1 fully saturated rings. The molecule has 1 rings (SSSR count). The third-order valence-electron chi connectivity index (χ3n) is 3.76. The van der Waals surface area contributed by atoms with Crippen LogP contribution < -0.4 is 5.32 Å². The topological polar surface area (TPSA) is 44.8 Å². The summed E-state index contributed by atoms with van der Waals surface area (Å²) in [4.78, 5) is 15.7. The minimum Gasteiger partial charge on any atom is -0.366 e. The van der Waals surface area contributed by atoms with E-state index in [1.54, 1.807) is 0 Å². The second-order valence-corrected chi connectivity index (χ2v) is 5.28. The molecule has 0 bridgehead atoms. The van der Waals surface area contributed by atoms with Crippen molar-refractivity contribution in [1.29, 1.82) is 0 Å². The summed E-state index contributed by atoms with van der Waals surface area (Å²) < 4.78 is 42.7. The Labute approximate surface area is 129 Å². The molecular formula is C14H26F3N3O2. The van der Waals surface area contributed by atoms with Gasteiger partial charge in [-0.05, 0) is 13.1 Å². The molecule has 1 atom stereocenters. The van der Waals surface area contributed by atoms with E-state index in [4.69, 9.17) is 4.74 Å². The standard InChI is InChI=1S/C14H26F3N3O2/c1-3-19(4-2)8-9-20(7-5-14(15,16)17)13(21)12-11-18-6-10-22-12/h12,18H,3-11H2,1-2H3. The minimum atomic E-state index is -4.26. The van der Waals surface area contributed by atoms with E-state index in [1.165, 1.54) is 4.90 Å². The molecule has 0 spiro atoms. The fourth-order valence-corrected chi connectivity index (χ4v) is 2.32. The number of hydrogen-bond donors (Lipinski definition) is 1. The summed E-state index contributed by atoms with van der Waals surface area (Å²) in [5, 5.41) is 3.03. The minimum absolute atomic E-state index is 0.288. The van der Waals surface area contributed by atoms with Crippen LogP contribution >= 0.6 is 0 Å². The fraction of sp³-hybridized carbons (Fsp3) is 0.929. The molecule has 0 radical (unpaired) electrons. The van der Waals surface area contributed by atoms with Crippen LogP contribution in [0.25, 0.3) is 0 Å². The summed E-state index contributed by atoms with van der Waals surface area (Å²) in [7, 11) is 0. The van der Waals surface area contributed by atoms with Crippen LogP contribution in [-0.2, 0) is 9.53 Å². The van der Waals surface area contributed by atoms with E-state index in [2.05, 4.69) is 10.2 Å². The van der Waals surface area contributed by atoms with E-state index in [1.807, 2.05) is 13.8 Å². The summed E-state index contributed by atoms with van der Waals surface area (Å²) in [6, 6.07) is 0. The lowest BCUT2D eigenvalue weighted by molar-refractivity contribution is -0.153. The van der Waals surface area contributed by atoms with Gasteiger partial charge in [-0.1, -0.05) is 13.8 Å². The number of amides is 1. The molecule has 1 saturated heterocycles.